The zero-order valence-electron chi connectivity index (χ0n) is 14.8. The van der Waals surface area contributed by atoms with Crippen molar-refractivity contribution in [2.24, 2.45) is 0 Å². The molecule has 1 aliphatic heterocycles. The number of tetrazole rings is 1. The van der Waals surface area contributed by atoms with E-state index in [2.05, 4.69) is 20.3 Å². The molecule has 1 aromatic carbocycles. The minimum absolute atomic E-state index is 0.161. The second-order valence-electron chi connectivity index (χ2n) is 6.76. The zero-order chi connectivity index (χ0) is 18.0. The molecule has 1 aromatic heterocycles. The average Bonchev–Trinajstić information content (AvgIpc) is 2.97. The van der Waals surface area contributed by atoms with E-state index in [9.17, 15) is 9.50 Å². The smallest absolute Gasteiger partial charge is 0.204 e. The number of rotatable bonds is 5. The van der Waals surface area contributed by atoms with Crippen LogP contribution in [0.15, 0.2) is 18.2 Å². The summed E-state index contributed by atoms with van der Waals surface area (Å²) in [6, 6.07) is 4.70. The summed E-state index contributed by atoms with van der Waals surface area (Å²) in [5.41, 5.74) is 1.24. The van der Waals surface area contributed by atoms with Gasteiger partial charge in [0.15, 0.2) is 0 Å². The van der Waals surface area contributed by atoms with E-state index in [-0.39, 0.29) is 24.6 Å². The number of ether oxygens (including phenoxy) is 1. The molecule has 3 atom stereocenters. The summed E-state index contributed by atoms with van der Waals surface area (Å²) in [5, 5.41) is 22.6. The third kappa shape index (κ3) is 4.59. The number of halogens is 1. The third-order valence-corrected chi connectivity index (χ3v) is 4.21. The molecule has 1 N–H and O–H groups in total. The summed E-state index contributed by atoms with van der Waals surface area (Å²) in [6.07, 6.45) is -0.281. The number of β-amino-alcohol motifs (C(OH)–C–C–N with tert-alkyl or cyclic N) is 1. The molecular weight excluding hydrogens is 325 g/mol. The Labute approximate surface area is 146 Å². The number of benzene rings is 1. The average molecular weight is 349 g/mol. The van der Waals surface area contributed by atoms with Crippen LogP contribution in [0, 0.1) is 12.7 Å². The van der Waals surface area contributed by atoms with Crippen molar-refractivity contribution >= 4 is 0 Å². The van der Waals surface area contributed by atoms with Crippen LogP contribution in [0.2, 0.25) is 0 Å². The second-order valence-corrected chi connectivity index (χ2v) is 6.76. The number of hydrogen-bond donors (Lipinski definition) is 1. The minimum atomic E-state index is -0.602. The fraction of sp³-hybridized carbons (Fsp3) is 0.588. The Morgan fingerprint density at radius 1 is 1.28 bits per heavy atom. The highest BCUT2D eigenvalue weighted by atomic mass is 19.1. The summed E-state index contributed by atoms with van der Waals surface area (Å²) in [4.78, 5) is 3.57. The quantitative estimate of drug-likeness (QED) is 0.876. The normalized spacial score (nSPS) is 22.9. The van der Waals surface area contributed by atoms with E-state index in [4.69, 9.17) is 4.74 Å². The maximum absolute atomic E-state index is 13.4. The molecule has 2 heterocycles. The monoisotopic (exact) mass is 349 g/mol. The number of hydrogen-bond acceptors (Lipinski definition) is 6. The predicted molar refractivity (Wildman–Crippen MR) is 90.4 cm³/mol. The number of nitrogens with zero attached hydrogens (tertiary/aromatic N) is 5. The van der Waals surface area contributed by atoms with Crippen molar-refractivity contribution < 1.29 is 14.2 Å². The Morgan fingerprint density at radius 3 is 2.68 bits per heavy atom. The van der Waals surface area contributed by atoms with E-state index in [1.165, 1.54) is 10.9 Å². The van der Waals surface area contributed by atoms with Gasteiger partial charge < -0.3 is 9.84 Å². The van der Waals surface area contributed by atoms with Crippen LogP contribution in [0.25, 0.3) is 11.4 Å². The first-order valence-electron chi connectivity index (χ1n) is 8.51. The van der Waals surface area contributed by atoms with Gasteiger partial charge in [-0.15, -0.1) is 10.2 Å². The van der Waals surface area contributed by atoms with Gasteiger partial charge in [0, 0.05) is 25.2 Å². The molecule has 0 bridgehead atoms. The zero-order valence-corrected chi connectivity index (χ0v) is 14.8. The lowest BCUT2D eigenvalue weighted by Gasteiger charge is -2.36. The molecule has 0 unspecified atom stereocenters. The van der Waals surface area contributed by atoms with E-state index >= 15 is 0 Å². The van der Waals surface area contributed by atoms with Gasteiger partial charge in [0.05, 0.1) is 24.9 Å². The predicted octanol–water partition coefficient (Wildman–Crippen LogP) is 1.26. The van der Waals surface area contributed by atoms with Crippen LogP contribution in [0.3, 0.4) is 0 Å². The van der Waals surface area contributed by atoms with Crippen molar-refractivity contribution in [2.75, 3.05) is 19.6 Å². The number of aromatic nitrogens is 4. The van der Waals surface area contributed by atoms with Crippen LogP contribution in [-0.2, 0) is 11.3 Å². The molecule has 7 nitrogen and oxygen atoms in total. The van der Waals surface area contributed by atoms with E-state index in [1.54, 1.807) is 19.1 Å². The minimum Gasteiger partial charge on any atom is -0.390 e. The van der Waals surface area contributed by atoms with Gasteiger partial charge in [0.2, 0.25) is 5.82 Å². The van der Waals surface area contributed by atoms with Crippen LogP contribution < -0.4 is 0 Å². The molecule has 0 radical (unpaired) electrons. The number of morpholine rings is 1. The van der Waals surface area contributed by atoms with Gasteiger partial charge in [-0.1, -0.05) is 0 Å². The number of aliphatic hydroxyl groups is 1. The number of aliphatic hydroxyl groups excluding tert-OH is 1. The van der Waals surface area contributed by atoms with E-state index < -0.39 is 6.10 Å². The van der Waals surface area contributed by atoms with Crippen molar-refractivity contribution in [3.63, 3.8) is 0 Å². The molecule has 1 fully saturated rings. The van der Waals surface area contributed by atoms with Crippen molar-refractivity contribution in [2.45, 2.75) is 45.6 Å². The number of aryl methyl sites for hydroxylation is 1. The lowest BCUT2D eigenvalue weighted by molar-refractivity contribution is -0.0776. The summed E-state index contributed by atoms with van der Waals surface area (Å²) < 4.78 is 19.1. The van der Waals surface area contributed by atoms with Gasteiger partial charge in [-0.2, -0.15) is 4.80 Å². The van der Waals surface area contributed by atoms with Gasteiger partial charge in [-0.05, 0) is 49.7 Å². The molecule has 0 saturated carbocycles. The SMILES string of the molecule is Cc1cc(-c2nnn(C[C@H](O)CN3C[C@H](C)O[C@@H](C)C3)n2)ccc1F. The van der Waals surface area contributed by atoms with Gasteiger partial charge >= 0.3 is 0 Å². The maximum atomic E-state index is 13.4. The Kier molecular flexibility index (Phi) is 5.41. The highest BCUT2D eigenvalue weighted by Gasteiger charge is 2.24. The molecule has 8 heteroatoms. The second kappa shape index (κ2) is 7.55. The van der Waals surface area contributed by atoms with E-state index in [0.717, 1.165) is 13.1 Å². The highest BCUT2D eigenvalue weighted by molar-refractivity contribution is 5.54. The summed E-state index contributed by atoms with van der Waals surface area (Å²) >= 11 is 0. The first-order chi connectivity index (χ1) is 11.9. The molecule has 2 aromatic rings. The fourth-order valence-electron chi connectivity index (χ4n) is 3.20. The Hall–Kier alpha value is -1.90. The summed E-state index contributed by atoms with van der Waals surface area (Å²) in [5.74, 6) is 0.157. The topological polar surface area (TPSA) is 76.3 Å². The van der Waals surface area contributed by atoms with Crippen LogP contribution in [-0.4, -0.2) is 68.2 Å². The lowest BCUT2D eigenvalue weighted by Crippen LogP contribution is -2.48. The fourth-order valence-corrected chi connectivity index (χ4v) is 3.20. The van der Waals surface area contributed by atoms with Crippen molar-refractivity contribution in [1.82, 2.24) is 25.1 Å². The Balaban J connectivity index is 1.60. The summed E-state index contributed by atoms with van der Waals surface area (Å²) in [7, 11) is 0. The molecule has 0 aliphatic carbocycles. The van der Waals surface area contributed by atoms with Crippen LogP contribution >= 0.6 is 0 Å². The van der Waals surface area contributed by atoms with Crippen molar-refractivity contribution in [1.29, 1.82) is 0 Å². The van der Waals surface area contributed by atoms with Crippen LogP contribution in [0.5, 0.6) is 0 Å². The first kappa shape index (κ1) is 17.9. The highest BCUT2D eigenvalue weighted by Crippen LogP contribution is 2.17. The lowest BCUT2D eigenvalue weighted by atomic mass is 10.1. The molecule has 25 heavy (non-hydrogen) atoms. The van der Waals surface area contributed by atoms with E-state index in [0.29, 0.717) is 23.5 Å². The molecule has 3 rings (SSSR count). The molecule has 1 saturated heterocycles. The Morgan fingerprint density at radius 2 is 2.00 bits per heavy atom. The third-order valence-electron chi connectivity index (χ3n) is 4.21. The van der Waals surface area contributed by atoms with Gasteiger partial charge in [-0.25, -0.2) is 4.39 Å². The van der Waals surface area contributed by atoms with Gasteiger partial charge in [0.25, 0.3) is 0 Å². The first-order valence-corrected chi connectivity index (χ1v) is 8.51. The standard InChI is InChI=1S/C17H24FN5O2/c1-11-6-14(4-5-16(11)18)17-19-21-23(20-17)10-15(24)9-22-7-12(2)25-13(3)8-22/h4-6,12-13,15,24H,7-10H2,1-3H3/t12-,13-,15+/m0/s1. The summed E-state index contributed by atoms with van der Waals surface area (Å²) in [6.45, 7) is 8.14. The van der Waals surface area contributed by atoms with Gasteiger partial charge in [-0.3, -0.25) is 4.90 Å². The molecule has 0 amide bonds. The van der Waals surface area contributed by atoms with Crippen LogP contribution in [0.4, 0.5) is 4.39 Å². The molecule has 136 valence electrons. The van der Waals surface area contributed by atoms with Crippen LogP contribution in [0.1, 0.15) is 19.4 Å². The Bertz CT molecular complexity index is 713. The molecular formula is C17H24FN5O2. The molecule has 1 aliphatic rings. The maximum Gasteiger partial charge on any atom is 0.204 e. The van der Waals surface area contributed by atoms with Crippen molar-refractivity contribution in [3.05, 3.63) is 29.6 Å². The van der Waals surface area contributed by atoms with E-state index in [1.807, 2.05) is 13.8 Å². The largest absolute Gasteiger partial charge is 0.390 e. The van der Waals surface area contributed by atoms with Crippen molar-refractivity contribution in [3.8, 4) is 11.4 Å². The molecule has 0 spiro atoms. The van der Waals surface area contributed by atoms with Gasteiger partial charge in [0.1, 0.15) is 5.82 Å².